The van der Waals surface area contributed by atoms with Crippen LogP contribution in [0.2, 0.25) is 0 Å². The third kappa shape index (κ3) is 6.58. The van der Waals surface area contributed by atoms with E-state index in [1.807, 2.05) is 32.0 Å². The van der Waals surface area contributed by atoms with Gasteiger partial charge in [0.1, 0.15) is 29.6 Å². The fraction of sp³-hybridized carbons (Fsp3) is 0.455. The van der Waals surface area contributed by atoms with Crippen molar-refractivity contribution >= 4 is 17.1 Å². The number of piperidine rings is 1. The minimum Gasteiger partial charge on any atom is -0.473 e. The minimum atomic E-state index is -0.511. The highest BCUT2D eigenvalue weighted by Gasteiger charge is 2.30. The lowest BCUT2D eigenvalue weighted by molar-refractivity contribution is -0.0595. The van der Waals surface area contributed by atoms with Gasteiger partial charge >= 0.3 is 5.97 Å². The molecule has 0 spiro atoms. The highest BCUT2D eigenvalue weighted by molar-refractivity contribution is 5.90. The van der Waals surface area contributed by atoms with E-state index in [2.05, 4.69) is 26.4 Å². The summed E-state index contributed by atoms with van der Waals surface area (Å²) < 4.78 is 46.5. The Morgan fingerprint density at radius 2 is 1.82 bits per heavy atom. The molecule has 1 aromatic carbocycles. The maximum absolute atomic E-state index is 14.0. The summed E-state index contributed by atoms with van der Waals surface area (Å²) in [7, 11) is 0. The topological polar surface area (TPSA) is 91.6 Å². The molecule has 4 aromatic rings. The first-order valence-corrected chi connectivity index (χ1v) is 15.2. The highest BCUT2D eigenvalue weighted by Crippen LogP contribution is 2.33. The van der Waals surface area contributed by atoms with Gasteiger partial charge in [-0.3, -0.25) is 4.90 Å². The number of hydrogen-bond donors (Lipinski definition) is 0. The van der Waals surface area contributed by atoms with E-state index in [0.29, 0.717) is 18.1 Å². The quantitative estimate of drug-likeness (QED) is 0.204. The maximum atomic E-state index is 14.0. The van der Waals surface area contributed by atoms with Gasteiger partial charge in [-0.1, -0.05) is 6.07 Å². The Morgan fingerprint density at radius 3 is 2.55 bits per heavy atom. The second kappa shape index (κ2) is 13.0. The number of carbonyl (C=O) groups excluding carboxylic acids is 1. The summed E-state index contributed by atoms with van der Waals surface area (Å²) in [5.41, 5.74) is 2.74. The van der Waals surface area contributed by atoms with E-state index in [-0.39, 0.29) is 42.0 Å². The number of aromatic nitrogens is 4. The summed E-state index contributed by atoms with van der Waals surface area (Å²) in [5, 5.41) is 0. The van der Waals surface area contributed by atoms with E-state index in [0.717, 1.165) is 74.2 Å². The van der Waals surface area contributed by atoms with Crippen LogP contribution in [0.3, 0.4) is 0 Å². The molecule has 3 aromatic heterocycles. The summed E-state index contributed by atoms with van der Waals surface area (Å²) >= 11 is 0. The van der Waals surface area contributed by atoms with Crippen LogP contribution in [-0.4, -0.2) is 62.3 Å². The number of esters is 1. The molecule has 6 rings (SSSR count). The number of ether oxygens (including phenoxy) is 3. The zero-order chi connectivity index (χ0) is 30.8. The number of imidazole rings is 1. The first kappa shape index (κ1) is 30.1. The van der Waals surface area contributed by atoms with Gasteiger partial charge in [0.2, 0.25) is 5.88 Å². The van der Waals surface area contributed by atoms with Gasteiger partial charge < -0.3 is 18.8 Å². The molecule has 2 aliphatic rings. The molecule has 2 aliphatic heterocycles. The summed E-state index contributed by atoms with van der Waals surface area (Å²) in [6, 6.07) is 12.5. The van der Waals surface area contributed by atoms with Crippen LogP contribution in [0.25, 0.3) is 11.2 Å². The van der Waals surface area contributed by atoms with Gasteiger partial charge in [-0.25, -0.2) is 28.5 Å². The largest absolute Gasteiger partial charge is 0.473 e. The monoisotopic (exact) mass is 605 g/mol. The van der Waals surface area contributed by atoms with E-state index in [4.69, 9.17) is 19.2 Å². The fourth-order valence-corrected chi connectivity index (χ4v) is 5.83. The average molecular weight is 606 g/mol. The second-order valence-electron chi connectivity index (χ2n) is 11.8. The summed E-state index contributed by atoms with van der Waals surface area (Å²) in [6.45, 7) is 8.75. The van der Waals surface area contributed by atoms with Crippen LogP contribution in [0.15, 0.2) is 48.5 Å². The number of pyridine rings is 2. The molecule has 5 heterocycles. The van der Waals surface area contributed by atoms with Gasteiger partial charge in [0, 0.05) is 29.8 Å². The molecule has 11 heteroatoms. The van der Waals surface area contributed by atoms with Gasteiger partial charge in [0.05, 0.1) is 24.8 Å². The maximum Gasteiger partial charge on any atom is 0.357 e. The Kier molecular flexibility index (Phi) is 8.86. The van der Waals surface area contributed by atoms with Crippen molar-refractivity contribution in [1.29, 1.82) is 0 Å². The smallest absolute Gasteiger partial charge is 0.357 e. The molecule has 2 saturated heterocycles. The first-order valence-electron chi connectivity index (χ1n) is 15.2. The normalized spacial score (nSPS) is 18.4. The number of halogens is 2. The van der Waals surface area contributed by atoms with E-state index < -0.39 is 17.6 Å². The van der Waals surface area contributed by atoms with Gasteiger partial charge in [0.15, 0.2) is 11.3 Å². The second-order valence-corrected chi connectivity index (χ2v) is 11.8. The summed E-state index contributed by atoms with van der Waals surface area (Å²) in [5.74, 6) is 0.0586. The third-order valence-electron chi connectivity index (χ3n) is 8.35. The first-order chi connectivity index (χ1) is 21.2. The van der Waals surface area contributed by atoms with Crippen LogP contribution in [0.5, 0.6) is 5.88 Å². The van der Waals surface area contributed by atoms with Crippen molar-refractivity contribution in [2.45, 2.75) is 77.4 Å². The molecule has 9 nitrogen and oxygen atoms in total. The lowest BCUT2D eigenvalue weighted by Crippen LogP contribution is -2.37. The number of rotatable bonds is 10. The molecular weight excluding hydrogens is 568 g/mol. The third-order valence-corrected chi connectivity index (χ3v) is 8.35. The fourth-order valence-electron chi connectivity index (χ4n) is 5.83. The van der Waals surface area contributed by atoms with Crippen LogP contribution in [0, 0.1) is 11.6 Å². The molecule has 0 saturated carbocycles. The van der Waals surface area contributed by atoms with E-state index in [9.17, 15) is 13.6 Å². The lowest BCUT2D eigenvalue weighted by atomic mass is 9.92. The molecule has 232 valence electrons. The molecule has 0 N–H and O–H groups in total. The van der Waals surface area contributed by atoms with Crippen LogP contribution >= 0.6 is 0 Å². The molecule has 0 unspecified atom stereocenters. The predicted molar refractivity (Wildman–Crippen MR) is 159 cm³/mol. The number of fused-ring (bicyclic) bond motifs is 1. The number of nitrogens with zero attached hydrogens (tertiary/aromatic N) is 5. The van der Waals surface area contributed by atoms with Crippen molar-refractivity contribution in [3.05, 3.63) is 82.9 Å². The Hall–Kier alpha value is -3.96. The molecule has 0 amide bonds. The standard InChI is InChI=1S/C33H37F2N5O4/c1-20(2)44-33(41)29-10-9-28-32(38-29)40(18-25-13-16-42-25)31(37-28)21(3)39-14-11-22(12-15-39)27-5-4-6-30(36-27)43-19-23-17-24(34)7-8-26(23)35/h4-10,17,20-22,25H,11-16,18-19H2,1-3H3/t21-,25-/m0/s1. The zero-order valence-electron chi connectivity index (χ0n) is 25.2. The summed E-state index contributed by atoms with van der Waals surface area (Å²) in [6.07, 6.45) is 2.63. The van der Waals surface area contributed by atoms with Crippen molar-refractivity contribution < 1.29 is 27.8 Å². The van der Waals surface area contributed by atoms with Crippen LogP contribution in [-0.2, 0) is 22.6 Å². The molecule has 0 aliphatic carbocycles. The lowest BCUT2D eigenvalue weighted by Gasteiger charge is -2.36. The van der Waals surface area contributed by atoms with Crippen molar-refractivity contribution in [1.82, 2.24) is 24.4 Å². The predicted octanol–water partition coefficient (Wildman–Crippen LogP) is 5.98. The van der Waals surface area contributed by atoms with Crippen LogP contribution in [0.4, 0.5) is 8.78 Å². The molecular formula is C33H37F2N5O4. The molecule has 44 heavy (non-hydrogen) atoms. The van der Waals surface area contributed by atoms with E-state index in [1.165, 1.54) is 0 Å². The van der Waals surface area contributed by atoms with Crippen molar-refractivity contribution in [2.24, 2.45) is 0 Å². The van der Waals surface area contributed by atoms with Gasteiger partial charge in [0.25, 0.3) is 0 Å². The van der Waals surface area contributed by atoms with Gasteiger partial charge in [-0.15, -0.1) is 0 Å². The number of likely N-dealkylation sites (tertiary alicyclic amines) is 1. The van der Waals surface area contributed by atoms with Gasteiger partial charge in [-0.2, -0.15) is 0 Å². The number of benzene rings is 1. The Balaban J connectivity index is 1.15. The minimum absolute atomic E-state index is 0.0140. The van der Waals surface area contributed by atoms with Crippen molar-refractivity contribution in [2.75, 3.05) is 19.7 Å². The Morgan fingerprint density at radius 1 is 1.02 bits per heavy atom. The average Bonchev–Trinajstić information content (AvgIpc) is 3.36. The molecule has 0 radical (unpaired) electrons. The molecule has 2 fully saturated rings. The zero-order valence-corrected chi connectivity index (χ0v) is 25.2. The van der Waals surface area contributed by atoms with Crippen molar-refractivity contribution in [3.63, 3.8) is 0 Å². The van der Waals surface area contributed by atoms with Crippen LogP contribution in [0.1, 0.15) is 79.6 Å². The molecule has 2 atom stereocenters. The van der Waals surface area contributed by atoms with Crippen LogP contribution < -0.4 is 4.74 Å². The van der Waals surface area contributed by atoms with Crippen molar-refractivity contribution in [3.8, 4) is 5.88 Å². The summed E-state index contributed by atoms with van der Waals surface area (Å²) in [4.78, 5) is 29.4. The van der Waals surface area contributed by atoms with E-state index in [1.54, 1.807) is 12.1 Å². The Labute approximate surface area is 255 Å². The SMILES string of the molecule is CC(C)OC(=O)c1ccc2nc([C@H](C)N3CCC(c4cccc(OCc5cc(F)ccc5F)n4)CC3)n(C[C@@H]3CCO3)c2n1. The number of hydrogen-bond acceptors (Lipinski definition) is 8. The van der Waals surface area contributed by atoms with E-state index >= 15 is 0 Å². The number of carbonyl (C=O) groups is 1. The Bertz CT molecular complexity index is 1630. The highest BCUT2D eigenvalue weighted by atomic mass is 19.1. The van der Waals surface area contributed by atoms with Gasteiger partial charge in [-0.05, 0) is 89.5 Å². The molecule has 0 bridgehead atoms.